The van der Waals surface area contributed by atoms with Crippen LogP contribution in [-0.2, 0) is 11.3 Å². The molecule has 2 heterocycles. The quantitative estimate of drug-likeness (QED) is 0.647. The summed E-state index contributed by atoms with van der Waals surface area (Å²) in [5, 5.41) is 9.18. The van der Waals surface area contributed by atoms with Crippen LogP contribution in [-0.4, -0.2) is 33.3 Å². The van der Waals surface area contributed by atoms with E-state index in [2.05, 4.69) is 10.3 Å². The molecular weight excluding hydrogens is 400 g/mol. The number of nitrogens with zero attached hydrogens (tertiary/aromatic N) is 3. The van der Waals surface area contributed by atoms with Gasteiger partial charge in [0.15, 0.2) is 5.65 Å². The zero-order valence-corrected chi connectivity index (χ0v) is 18.8. The molecule has 1 N–H and O–H groups in total. The third kappa shape index (κ3) is 3.28. The zero-order chi connectivity index (χ0) is 21.9. The van der Waals surface area contributed by atoms with Crippen molar-refractivity contribution < 1.29 is 9.53 Å². The minimum atomic E-state index is 0.0194. The molecule has 4 aliphatic carbocycles. The van der Waals surface area contributed by atoms with Gasteiger partial charge in [-0.15, -0.1) is 0 Å². The van der Waals surface area contributed by atoms with Crippen LogP contribution in [0.4, 0.5) is 0 Å². The van der Waals surface area contributed by atoms with E-state index < -0.39 is 0 Å². The van der Waals surface area contributed by atoms with Crippen LogP contribution < -0.4 is 10.1 Å². The van der Waals surface area contributed by atoms with Crippen molar-refractivity contribution >= 4 is 16.9 Å². The lowest BCUT2D eigenvalue weighted by atomic mass is 9.53. The number of hydrogen-bond acceptors (Lipinski definition) is 4. The van der Waals surface area contributed by atoms with Crippen LogP contribution in [0, 0.1) is 24.7 Å². The number of amides is 1. The number of nitrogens with one attached hydrogen (secondary N) is 1. The number of ether oxygens (including phenoxy) is 1. The van der Waals surface area contributed by atoms with E-state index in [0.717, 1.165) is 70.6 Å². The number of methoxy groups -OCH3 is 1. The molecule has 166 valence electrons. The molecule has 32 heavy (non-hydrogen) atoms. The van der Waals surface area contributed by atoms with Crippen molar-refractivity contribution in [3.8, 4) is 16.9 Å². The third-order valence-corrected chi connectivity index (χ3v) is 7.95. The fraction of sp³-hybridized carbons (Fsp3) is 0.500. The molecule has 6 heteroatoms. The molecular formula is C26H30N4O2. The summed E-state index contributed by atoms with van der Waals surface area (Å²) in [6.07, 6.45) is 9.38. The van der Waals surface area contributed by atoms with Gasteiger partial charge in [0.25, 0.3) is 0 Å². The Morgan fingerprint density at radius 2 is 1.75 bits per heavy atom. The summed E-state index contributed by atoms with van der Waals surface area (Å²) in [5.74, 6) is 3.31. The van der Waals surface area contributed by atoms with Crippen molar-refractivity contribution in [3.05, 3.63) is 42.2 Å². The second-order valence-corrected chi connectivity index (χ2v) is 10.3. The molecule has 0 spiro atoms. The predicted molar refractivity (Wildman–Crippen MR) is 123 cm³/mol. The Bertz CT molecular complexity index is 1150. The van der Waals surface area contributed by atoms with Gasteiger partial charge in [-0.3, -0.25) is 4.79 Å². The number of benzene rings is 1. The summed E-state index contributed by atoms with van der Waals surface area (Å²) >= 11 is 0. The first kappa shape index (κ1) is 19.8. The van der Waals surface area contributed by atoms with Crippen LogP contribution in [0.2, 0.25) is 0 Å². The summed E-state index contributed by atoms with van der Waals surface area (Å²) in [5.41, 5.74) is 3.82. The number of carbonyl (C=O) groups is 1. The Morgan fingerprint density at radius 1 is 1.09 bits per heavy atom. The Hall–Kier alpha value is -2.89. The van der Waals surface area contributed by atoms with Gasteiger partial charge in [0.05, 0.1) is 12.8 Å². The van der Waals surface area contributed by atoms with Gasteiger partial charge in [-0.05, 0) is 92.5 Å². The first-order valence-corrected chi connectivity index (χ1v) is 11.8. The molecule has 4 saturated carbocycles. The maximum Gasteiger partial charge on any atom is 0.242 e. The van der Waals surface area contributed by atoms with Crippen molar-refractivity contribution in [3.63, 3.8) is 0 Å². The topological polar surface area (TPSA) is 69.0 Å². The fourth-order valence-corrected chi connectivity index (χ4v) is 7.14. The first-order valence-electron chi connectivity index (χ1n) is 11.8. The van der Waals surface area contributed by atoms with Crippen LogP contribution >= 0.6 is 0 Å². The Morgan fingerprint density at radius 3 is 2.38 bits per heavy atom. The highest BCUT2D eigenvalue weighted by molar-refractivity contribution is 5.95. The molecule has 4 bridgehead atoms. The maximum absolute atomic E-state index is 13.2. The number of fused-ring (bicyclic) bond motifs is 1. The molecule has 0 saturated heterocycles. The van der Waals surface area contributed by atoms with Gasteiger partial charge in [-0.2, -0.15) is 5.10 Å². The molecule has 0 aliphatic heterocycles. The lowest BCUT2D eigenvalue weighted by molar-refractivity contribution is -0.127. The monoisotopic (exact) mass is 430 g/mol. The molecule has 0 unspecified atom stereocenters. The second kappa shape index (κ2) is 7.32. The average Bonchev–Trinajstić information content (AvgIpc) is 3.08. The standard InChI is InChI=1S/C26H30N4O2/c1-16-24-22(20-3-5-21(32-2)6-4-20)7-8-27-25(24)30(29-16)15-23(31)28-26-12-17-9-18(13-26)11-19(10-17)14-26/h3-8,17-19H,9-15H2,1-2H3,(H,28,31). The number of hydrogen-bond donors (Lipinski definition) is 1. The molecule has 2 aromatic heterocycles. The molecule has 1 amide bonds. The SMILES string of the molecule is COc1ccc(-c2ccnc3c2c(C)nn3CC(=O)NC23CC4CC(CC(C4)C2)C3)cc1. The maximum atomic E-state index is 13.2. The first-order chi connectivity index (χ1) is 15.5. The van der Waals surface area contributed by atoms with Gasteiger partial charge in [0.1, 0.15) is 12.3 Å². The lowest BCUT2D eigenvalue weighted by Crippen LogP contribution is -2.60. The lowest BCUT2D eigenvalue weighted by Gasteiger charge is -2.56. The minimum Gasteiger partial charge on any atom is -0.497 e. The van der Waals surface area contributed by atoms with E-state index in [-0.39, 0.29) is 18.0 Å². The Labute approximate surface area is 188 Å². The van der Waals surface area contributed by atoms with E-state index in [0.29, 0.717) is 0 Å². The number of aryl methyl sites for hydroxylation is 1. The van der Waals surface area contributed by atoms with Gasteiger partial charge in [-0.25, -0.2) is 9.67 Å². The molecule has 0 radical (unpaired) electrons. The summed E-state index contributed by atoms with van der Waals surface area (Å²) in [6, 6.07) is 10.0. The molecule has 6 nitrogen and oxygen atoms in total. The summed E-state index contributed by atoms with van der Waals surface area (Å²) in [6.45, 7) is 2.20. The summed E-state index contributed by atoms with van der Waals surface area (Å²) in [4.78, 5) is 17.8. The minimum absolute atomic E-state index is 0.0194. The average molecular weight is 431 g/mol. The van der Waals surface area contributed by atoms with E-state index in [9.17, 15) is 4.79 Å². The number of carbonyl (C=O) groups excluding carboxylic acids is 1. The van der Waals surface area contributed by atoms with Crippen LogP contribution in [0.3, 0.4) is 0 Å². The van der Waals surface area contributed by atoms with E-state index in [1.54, 1.807) is 18.0 Å². The second-order valence-electron chi connectivity index (χ2n) is 10.3. The zero-order valence-electron chi connectivity index (χ0n) is 18.8. The van der Waals surface area contributed by atoms with Crippen molar-refractivity contribution in [2.45, 2.75) is 57.5 Å². The molecule has 4 aliphatic rings. The van der Waals surface area contributed by atoms with Crippen molar-refractivity contribution in [1.82, 2.24) is 20.1 Å². The van der Waals surface area contributed by atoms with Crippen LogP contribution in [0.5, 0.6) is 5.75 Å². The van der Waals surface area contributed by atoms with E-state index in [1.165, 1.54) is 19.3 Å². The molecule has 7 rings (SSSR count). The van der Waals surface area contributed by atoms with Crippen LogP contribution in [0.15, 0.2) is 36.5 Å². The normalized spacial score (nSPS) is 28.2. The molecule has 4 fully saturated rings. The van der Waals surface area contributed by atoms with Gasteiger partial charge < -0.3 is 10.1 Å². The number of rotatable bonds is 5. The number of pyridine rings is 1. The van der Waals surface area contributed by atoms with Crippen molar-refractivity contribution in [2.75, 3.05) is 7.11 Å². The van der Waals surface area contributed by atoms with Gasteiger partial charge in [0, 0.05) is 17.1 Å². The third-order valence-electron chi connectivity index (χ3n) is 7.95. The summed E-state index contributed by atoms with van der Waals surface area (Å²) in [7, 11) is 1.67. The predicted octanol–water partition coefficient (Wildman–Crippen LogP) is 4.50. The highest BCUT2D eigenvalue weighted by Crippen LogP contribution is 2.55. The molecule has 0 atom stereocenters. The fourth-order valence-electron chi connectivity index (χ4n) is 7.14. The van der Waals surface area contributed by atoms with Crippen LogP contribution in [0.25, 0.3) is 22.2 Å². The van der Waals surface area contributed by atoms with Crippen LogP contribution in [0.1, 0.15) is 44.2 Å². The van der Waals surface area contributed by atoms with E-state index in [4.69, 9.17) is 9.84 Å². The molecule has 3 aromatic rings. The van der Waals surface area contributed by atoms with Crippen molar-refractivity contribution in [1.29, 1.82) is 0 Å². The Balaban J connectivity index is 1.27. The smallest absolute Gasteiger partial charge is 0.242 e. The highest BCUT2D eigenvalue weighted by Gasteiger charge is 2.51. The van der Waals surface area contributed by atoms with E-state index in [1.807, 2.05) is 37.3 Å². The largest absolute Gasteiger partial charge is 0.497 e. The van der Waals surface area contributed by atoms with Gasteiger partial charge in [-0.1, -0.05) is 12.1 Å². The highest BCUT2D eigenvalue weighted by atomic mass is 16.5. The van der Waals surface area contributed by atoms with Crippen molar-refractivity contribution in [2.24, 2.45) is 17.8 Å². The summed E-state index contributed by atoms with van der Waals surface area (Å²) < 4.78 is 7.06. The van der Waals surface area contributed by atoms with Gasteiger partial charge in [0.2, 0.25) is 5.91 Å². The number of aromatic nitrogens is 3. The van der Waals surface area contributed by atoms with E-state index >= 15 is 0 Å². The molecule has 1 aromatic carbocycles. The Kier molecular flexibility index (Phi) is 4.52. The van der Waals surface area contributed by atoms with Gasteiger partial charge >= 0.3 is 0 Å².